The van der Waals surface area contributed by atoms with Crippen LogP contribution in [0.1, 0.15) is 135 Å². The van der Waals surface area contributed by atoms with Crippen LogP contribution in [0.3, 0.4) is 0 Å². The summed E-state index contributed by atoms with van der Waals surface area (Å²) >= 11 is 0. The first kappa shape index (κ1) is 42.2. The lowest BCUT2D eigenvalue weighted by atomic mass is 10.0. The fourth-order valence-corrected chi connectivity index (χ4v) is 6.40. The number of nitrogens with zero attached hydrogens (tertiary/aromatic N) is 1. The van der Waals surface area contributed by atoms with E-state index in [1.54, 1.807) is 6.92 Å². The van der Waals surface area contributed by atoms with Crippen LogP contribution in [-0.2, 0) is 33.3 Å². The van der Waals surface area contributed by atoms with Gasteiger partial charge in [-0.25, -0.2) is 4.79 Å². The molecule has 3 atom stereocenters. The second kappa shape index (κ2) is 23.5. The third-order valence-electron chi connectivity index (χ3n) is 8.46. The predicted molar refractivity (Wildman–Crippen MR) is 174 cm³/mol. The van der Waals surface area contributed by atoms with E-state index in [4.69, 9.17) is 14.9 Å². The highest BCUT2D eigenvalue weighted by Crippen LogP contribution is 2.43. The molecule has 6 N–H and O–H groups in total. The molecule has 0 aromatic heterocycles. The monoisotopic (exact) mass is 689 g/mol. The average molecular weight is 690 g/mol. The van der Waals surface area contributed by atoms with Gasteiger partial charge in [0.1, 0.15) is 6.04 Å². The zero-order valence-electron chi connectivity index (χ0n) is 27.8. The van der Waals surface area contributed by atoms with Crippen LogP contribution in [-0.4, -0.2) is 85.3 Å². The number of likely N-dealkylation sites (tertiary alicyclic amines) is 1. The first-order valence-corrected chi connectivity index (χ1v) is 18.8. The Hall–Kier alpha value is -2.83. The highest BCUT2D eigenvalue weighted by atomic mass is 31.2. The first-order chi connectivity index (χ1) is 22.2. The number of carboxylic acid groups (broad SMARTS) is 2. The largest absolute Gasteiger partial charge is 0.481 e. The molecule has 1 fully saturated rings. The average Bonchev–Trinajstić information content (AvgIpc) is 3.23. The van der Waals surface area contributed by atoms with Crippen molar-refractivity contribution < 1.29 is 53.3 Å². The van der Waals surface area contributed by atoms with Gasteiger partial charge in [0.15, 0.2) is 5.66 Å². The zero-order valence-corrected chi connectivity index (χ0v) is 28.7. The van der Waals surface area contributed by atoms with Gasteiger partial charge in [-0.15, -0.1) is 0 Å². The number of hydrogen-bond donors (Lipinski definition) is 6. The second-order valence-electron chi connectivity index (χ2n) is 12.6. The quantitative estimate of drug-likeness (QED) is 0.0389. The zero-order chi connectivity index (χ0) is 35.2. The van der Waals surface area contributed by atoms with Gasteiger partial charge in [0, 0.05) is 38.3 Å². The molecule has 3 unspecified atom stereocenters. The van der Waals surface area contributed by atoms with Crippen LogP contribution in [0.15, 0.2) is 0 Å². The summed E-state index contributed by atoms with van der Waals surface area (Å²) in [5.41, 5.74) is -1.61. The fraction of sp³-hybridized carbons (Fsp3) is 0.812. The molecule has 1 rings (SSSR count). The second-order valence-corrected chi connectivity index (χ2v) is 14.4. The summed E-state index contributed by atoms with van der Waals surface area (Å²) in [7, 11) is -4.61. The lowest BCUT2D eigenvalue weighted by molar-refractivity contribution is -0.142. The molecule has 4 amide bonds. The highest BCUT2D eigenvalue weighted by Gasteiger charge is 2.35. The van der Waals surface area contributed by atoms with Crippen molar-refractivity contribution in [3.05, 3.63) is 0 Å². The smallest absolute Gasteiger partial charge is 0.339 e. The maximum Gasteiger partial charge on any atom is 0.339 e. The molecule has 0 spiro atoms. The van der Waals surface area contributed by atoms with Gasteiger partial charge in [-0.05, 0) is 25.7 Å². The topological polar surface area (TPSA) is 228 Å². The molecule has 270 valence electrons. The van der Waals surface area contributed by atoms with E-state index in [1.807, 2.05) is 0 Å². The lowest BCUT2D eigenvalue weighted by Gasteiger charge is -2.16. The van der Waals surface area contributed by atoms with Crippen LogP contribution in [0.2, 0.25) is 0 Å². The Morgan fingerprint density at radius 3 is 1.66 bits per heavy atom. The molecule has 0 aromatic carbocycles. The molecule has 1 heterocycles. The van der Waals surface area contributed by atoms with Crippen molar-refractivity contribution in [1.82, 2.24) is 15.5 Å². The first-order valence-electron chi connectivity index (χ1n) is 17.1. The van der Waals surface area contributed by atoms with Gasteiger partial charge < -0.3 is 30.6 Å². The maximum absolute atomic E-state index is 12.2. The fourth-order valence-electron chi connectivity index (χ4n) is 5.59. The minimum atomic E-state index is -4.61. The number of hydrogen-bond acceptors (Lipinski definition) is 7. The van der Waals surface area contributed by atoms with Crippen LogP contribution >= 0.6 is 7.60 Å². The standard InChI is InChI=1S/C32H56N3O11P/c1-24-22-29(38)35(30(24)39)21-17-13-16-19-27(36)33-23-25(31(40)41)34-28(37)20-15-12-10-8-6-4-2-3-5-7-9-11-14-18-26(32(42)43)47(44,45)46/h24-26H,2-23H2,1H3,(H,33,36)(H,34,37)(H,40,41)(H,42,43)(H2,44,45,46). The van der Waals surface area contributed by atoms with Crippen LogP contribution in [0.4, 0.5) is 0 Å². The highest BCUT2D eigenvalue weighted by molar-refractivity contribution is 7.53. The molecular weight excluding hydrogens is 633 g/mol. The third-order valence-corrected chi connectivity index (χ3v) is 9.76. The van der Waals surface area contributed by atoms with Gasteiger partial charge in [0.05, 0.1) is 0 Å². The van der Waals surface area contributed by atoms with Crippen molar-refractivity contribution in [3.63, 3.8) is 0 Å². The van der Waals surface area contributed by atoms with Crippen molar-refractivity contribution in [2.75, 3.05) is 13.1 Å². The van der Waals surface area contributed by atoms with Crippen LogP contribution in [0.5, 0.6) is 0 Å². The van der Waals surface area contributed by atoms with Gasteiger partial charge in [-0.1, -0.05) is 90.4 Å². The van der Waals surface area contributed by atoms with Crippen molar-refractivity contribution in [2.45, 2.75) is 147 Å². The Bertz CT molecular complexity index is 1060. The van der Waals surface area contributed by atoms with E-state index in [9.17, 15) is 38.4 Å². The molecule has 0 aromatic rings. The molecule has 0 aliphatic carbocycles. The van der Waals surface area contributed by atoms with E-state index in [0.29, 0.717) is 38.6 Å². The summed E-state index contributed by atoms with van der Waals surface area (Å²) in [5.74, 6) is -3.94. The maximum atomic E-state index is 12.2. The molecule has 0 radical (unpaired) electrons. The summed E-state index contributed by atoms with van der Waals surface area (Å²) in [6, 6.07) is -1.21. The Labute approximate surface area is 278 Å². The molecule has 1 saturated heterocycles. The Morgan fingerprint density at radius 1 is 0.745 bits per heavy atom. The molecule has 0 bridgehead atoms. The summed E-state index contributed by atoms with van der Waals surface area (Å²) < 4.78 is 11.2. The Balaban J connectivity index is 2.00. The number of carbonyl (C=O) groups excluding carboxylic acids is 4. The molecule has 15 heteroatoms. The van der Waals surface area contributed by atoms with Gasteiger partial charge in [0.2, 0.25) is 23.6 Å². The van der Waals surface area contributed by atoms with E-state index in [2.05, 4.69) is 10.6 Å². The normalized spacial score (nSPS) is 16.2. The SMILES string of the molecule is CC1CC(=O)N(CCCCCC(=O)NCC(NC(=O)CCCCCCCCCCCCCCCC(C(=O)O)P(=O)(O)O)C(=O)O)C1=O. The molecule has 1 aliphatic rings. The van der Waals surface area contributed by atoms with Crippen molar-refractivity contribution in [2.24, 2.45) is 5.92 Å². The number of aliphatic carboxylic acids is 2. The molecular formula is C32H56N3O11P. The predicted octanol–water partition coefficient (Wildman–Crippen LogP) is 4.11. The van der Waals surface area contributed by atoms with E-state index in [-0.39, 0.29) is 61.8 Å². The number of nitrogens with one attached hydrogen (secondary N) is 2. The summed E-state index contributed by atoms with van der Waals surface area (Å²) in [6.07, 6.45) is 14.7. The van der Waals surface area contributed by atoms with Crippen LogP contribution in [0, 0.1) is 5.92 Å². The number of unbranched alkanes of at least 4 members (excludes halogenated alkanes) is 14. The molecule has 1 aliphatic heterocycles. The summed E-state index contributed by atoms with van der Waals surface area (Å²) in [5, 5.41) is 23.4. The number of rotatable bonds is 28. The van der Waals surface area contributed by atoms with E-state index in [1.165, 1.54) is 4.90 Å². The Kier molecular flexibility index (Phi) is 21.1. The lowest BCUT2D eigenvalue weighted by Crippen LogP contribution is -2.48. The number of amides is 4. The molecule has 14 nitrogen and oxygen atoms in total. The number of imide groups is 1. The van der Waals surface area contributed by atoms with Gasteiger partial charge in [0.25, 0.3) is 0 Å². The van der Waals surface area contributed by atoms with Crippen molar-refractivity contribution in [3.8, 4) is 0 Å². The third kappa shape index (κ3) is 18.9. The molecule has 47 heavy (non-hydrogen) atoms. The number of carboxylic acids is 2. The van der Waals surface area contributed by atoms with Crippen molar-refractivity contribution in [1.29, 1.82) is 0 Å². The minimum Gasteiger partial charge on any atom is -0.481 e. The van der Waals surface area contributed by atoms with E-state index < -0.39 is 31.2 Å². The minimum absolute atomic E-state index is 0.00782. The van der Waals surface area contributed by atoms with Crippen LogP contribution < -0.4 is 10.6 Å². The van der Waals surface area contributed by atoms with Crippen molar-refractivity contribution >= 4 is 43.2 Å². The van der Waals surface area contributed by atoms with Gasteiger partial charge in [-0.3, -0.25) is 33.4 Å². The van der Waals surface area contributed by atoms with E-state index >= 15 is 0 Å². The van der Waals surface area contributed by atoms with E-state index in [0.717, 1.165) is 70.6 Å². The number of carbonyl (C=O) groups is 6. The molecule has 0 saturated carbocycles. The van der Waals surface area contributed by atoms with Gasteiger partial charge >= 0.3 is 19.5 Å². The van der Waals surface area contributed by atoms with Crippen LogP contribution in [0.25, 0.3) is 0 Å². The van der Waals surface area contributed by atoms with Gasteiger partial charge in [-0.2, -0.15) is 0 Å². The summed E-state index contributed by atoms with van der Waals surface area (Å²) in [6.45, 7) is 1.87. The Morgan fingerprint density at radius 2 is 1.21 bits per heavy atom. The summed E-state index contributed by atoms with van der Waals surface area (Å²) in [4.78, 5) is 90.1.